The van der Waals surface area contributed by atoms with Crippen LogP contribution in [0.2, 0.25) is 0 Å². The number of rotatable bonds is 10. The first kappa shape index (κ1) is 24.4. The summed E-state index contributed by atoms with van der Waals surface area (Å²) in [5.74, 6) is -0.109. The minimum atomic E-state index is -0.846. The molecule has 1 atom stereocenters. The van der Waals surface area contributed by atoms with Crippen LogP contribution in [0.1, 0.15) is 23.6 Å². The molecule has 0 saturated carbocycles. The number of nitrogens with zero attached hydrogens (tertiary/aromatic N) is 1. The van der Waals surface area contributed by atoms with E-state index in [9.17, 15) is 14.0 Å². The molecular formula is C26H26FN3O4. The number of halogens is 1. The summed E-state index contributed by atoms with van der Waals surface area (Å²) in [7, 11) is 0. The third kappa shape index (κ3) is 8.05. The molecule has 3 aromatic carbocycles. The maximum Gasteiger partial charge on any atom is 0.407 e. The van der Waals surface area contributed by atoms with Gasteiger partial charge in [0, 0.05) is 6.42 Å². The van der Waals surface area contributed by atoms with E-state index in [0.29, 0.717) is 18.8 Å². The number of hydrogen-bond donors (Lipinski definition) is 2. The van der Waals surface area contributed by atoms with Gasteiger partial charge in [0.05, 0.1) is 12.8 Å². The standard InChI is InChI=1S/C26H26FN3O4/c1-2-33-26(32)29-24(16-19-6-4-3-5-7-19)25(31)30-28-17-20-10-14-23(15-11-20)34-18-21-8-12-22(27)13-9-21/h3-15,17,24H,2,16,18H2,1H3,(H,29,32)(H,30,31)/b28-17-/t24-/m0/s1. The Kier molecular flexibility index (Phi) is 9.16. The van der Waals surface area contributed by atoms with E-state index in [1.807, 2.05) is 30.3 Å². The van der Waals surface area contributed by atoms with Crippen molar-refractivity contribution in [1.29, 1.82) is 0 Å². The number of amides is 2. The topological polar surface area (TPSA) is 89.0 Å². The van der Waals surface area contributed by atoms with E-state index in [1.165, 1.54) is 18.3 Å². The summed E-state index contributed by atoms with van der Waals surface area (Å²) in [6.45, 7) is 2.21. The van der Waals surface area contributed by atoms with Crippen molar-refractivity contribution in [3.63, 3.8) is 0 Å². The second-order valence-corrected chi connectivity index (χ2v) is 7.33. The fourth-order valence-electron chi connectivity index (χ4n) is 3.02. The van der Waals surface area contributed by atoms with Gasteiger partial charge in [0.25, 0.3) is 5.91 Å². The van der Waals surface area contributed by atoms with E-state index in [-0.39, 0.29) is 12.4 Å². The maximum atomic E-state index is 13.0. The van der Waals surface area contributed by atoms with E-state index >= 15 is 0 Å². The molecule has 0 aliphatic rings. The molecule has 0 heterocycles. The summed E-state index contributed by atoms with van der Waals surface area (Å²) in [4.78, 5) is 24.5. The quantitative estimate of drug-likeness (QED) is 0.348. The normalized spacial score (nSPS) is 11.6. The van der Waals surface area contributed by atoms with Crippen molar-refractivity contribution >= 4 is 18.2 Å². The van der Waals surface area contributed by atoms with Crippen LogP contribution in [0.15, 0.2) is 84.0 Å². The molecule has 0 aliphatic heterocycles. The Hall–Kier alpha value is -4.20. The summed E-state index contributed by atoms with van der Waals surface area (Å²) < 4.78 is 23.6. The molecule has 0 radical (unpaired) electrons. The molecule has 8 heteroatoms. The largest absolute Gasteiger partial charge is 0.489 e. The molecule has 2 N–H and O–H groups in total. The smallest absolute Gasteiger partial charge is 0.407 e. The first-order valence-corrected chi connectivity index (χ1v) is 10.8. The Bertz CT molecular complexity index is 1090. The van der Waals surface area contributed by atoms with Gasteiger partial charge in [-0.2, -0.15) is 5.10 Å². The van der Waals surface area contributed by atoms with E-state index in [4.69, 9.17) is 9.47 Å². The third-order valence-electron chi connectivity index (χ3n) is 4.75. The number of carbonyl (C=O) groups excluding carboxylic acids is 2. The Morgan fingerprint density at radius 1 is 0.971 bits per heavy atom. The molecule has 0 saturated heterocycles. The van der Waals surface area contributed by atoms with Crippen LogP contribution in [0.25, 0.3) is 0 Å². The second kappa shape index (κ2) is 12.7. The van der Waals surface area contributed by atoms with Gasteiger partial charge in [-0.3, -0.25) is 4.79 Å². The Morgan fingerprint density at radius 2 is 1.68 bits per heavy atom. The zero-order valence-electron chi connectivity index (χ0n) is 18.7. The zero-order valence-corrected chi connectivity index (χ0v) is 18.7. The number of carbonyl (C=O) groups is 2. The summed E-state index contributed by atoms with van der Waals surface area (Å²) in [6, 6.07) is 21.7. The highest BCUT2D eigenvalue weighted by atomic mass is 19.1. The molecule has 176 valence electrons. The Balaban J connectivity index is 1.54. The molecule has 0 fully saturated rings. The summed E-state index contributed by atoms with van der Waals surface area (Å²) in [5.41, 5.74) is 4.95. The van der Waals surface area contributed by atoms with Gasteiger partial charge in [0.15, 0.2) is 0 Å². The van der Waals surface area contributed by atoms with Crippen LogP contribution in [0, 0.1) is 5.82 Å². The molecule has 7 nitrogen and oxygen atoms in total. The van der Waals surface area contributed by atoms with Crippen LogP contribution in [0.4, 0.5) is 9.18 Å². The van der Waals surface area contributed by atoms with Crippen molar-refractivity contribution in [2.24, 2.45) is 5.10 Å². The highest BCUT2D eigenvalue weighted by molar-refractivity contribution is 5.87. The lowest BCUT2D eigenvalue weighted by Crippen LogP contribution is -2.47. The lowest BCUT2D eigenvalue weighted by Gasteiger charge is -2.16. The first-order chi connectivity index (χ1) is 16.5. The molecule has 3 rings (SSSR count). The lowest BCUT2D eigenvalue weighted by atomic mass is 10.1. The van der Waals surface area contributed by atoms with Crippen LogP contribution in [-0.2, 0) is 22.6 Å². The van der Waals surface area contributed by atoms with Gasteiger partial charge in [0.2, 0.25) is 0 Å². The van der Waals surface area contributed by atoms with E-state index in [1.54, 1.807) is 43.3 Å². The average molecular weight is 464 g/mol. The lowest BCUT2D eigenvalue weighted by molar-refractivity contribution is -0.123. The van der Waals surface area contributed by atoms with E-state index in [0.717, 1.165) is 16.7 Å². The van der Waals surface area contributed by atoms with Gasteiger partial charge < -0.3 is 14.8 Å². The van der Waals surface area contributed by atoms with Crippen LogP contribution in [0.5, 0.6) is 5.75 Å². The average Bonchev–Trinajstić information content (AvgIpc) is 2.85. The fourth-order valence-corrected chi connectivity index (χ4v) is 3.02. The van der Waals surface area contributed by atoms with Crippen molar-refractivity contribution in [2.45, 2.75) is 26.0 Å². The van der Waals surface area contributed by atoms with Gasteiger partial charge in [0.1, 0.15) is 24.2 Å². The van der Waals surface area contributed by atoms with Gasteiger partial charge in [-0.05, 0) is 60.0 Å². The van der Waals surface area contributed by atoms with Gasteiger partial charge in [-0.1, -0.05) is 42.5 Å². The molecule has 34 heavy (non-hydrogen) atoms. The highest BCUT2D eigenvalue weighted by Gasteiger charge is 2.21. The number of hydrogen-bond acceptors (Lipinski definition) is 5. The van der Waals surface area contributed by atoms with Crippen molar-refractivity contribution in [3.8, 4) is 5.75 Å². The maximum absolute atomic E-state index is 13.0. The number of alkyl carbamates (subject to hydrolysis) is 1. The van der Waals surface area contributed by atoms with Crippen LogP contribution in [-0.4, -0.2) is 30.9 Å². The van der Waals surface area contributed by atoms with Crippen molar-refractivity contribution in [3.05, 3.63) is 101 Å². The van der Waals surface area contributed by atoms with E-state index in [2.05, 4.69) is 15.8 Å². The summed E-state index contributed by atoms with van der Waals surface area (Å²) in [5, 5.41) is 6.56. The fraction of sp³-hybridized carbons (Fsp3) is 0.192. The number of benzene rings is 3. The number of nitrogens with one attached hydrogen (secondary N) is 2. The predicted octanol–water partition coefficient (Wildman–Crippen LogP) is 4.21. The molecule has 0 unspecified atom stereocenters. The first-order valence-electron chi connectivity index (χ1n) is 10.8. The Morgan fingerprint density at radius 3 is 2.35 bits per heavy atom. The SMILES string of the molecule is CCOC(=O)N[C@@H](Cc1ccccc1)C(=O)N/N=C\c1ccc(OCc2ccc(F)cc2)cc1. The Labute approximate surface area is 197 Å². The van der Waals surface area contributed by atoms with Crippen LogP contribution < -0.4 is 15.5 Å². The van der Waals surface area contributed by atoms with Crippen molar-refractivity contribution in [2.75, 3.05) is 6.61 Å². The highest BCUT2D eigenvalue weighted by Crippen LogP contribution is 2.14. The van der Waals surface area contributed by atoms with E-state index < -0.39 is 18.0 Å². The second-order valence-electron chi connectivity index (χ2n) is 7.33. The molecule has 0 bridgehead atoms. The van der Waals surface area contributed by atoms with Crippen LogP contribution >= 0.6 is 0 Å². The molecule has 0 aliphatic carbocycles. The third-order valence-corrected chi connectivity index (χ3v) is 4.75. The van der Waals surface area contributed by atoms with Crippen LogP contribution in [0.3, 0.4) is 0 Å². The predicted molar refractivity (Wildman–Crippen MR) is 127 cm³/mol. The van der Waals surface area contributed by atoms with Gasteiger partial charge >= 0.3 is 6.09 Å². The molecule has 3 aromatic rings. The molecular weight excluding hydrogens is 437 g/mol. The number of ether oxygens (including phenoxy) is 2. The minimum Gasteiger partial charge on any atom is -0.489 e. The minimum absolute atomic E-state index is 0.202. The van der Waals surface area contributed by atoms with Gasteiger partial charge in [-0.15, -0.1) is 0 Å². The molecule has 2 amide bonds. The summed E-state index contributed by atoms with van der Waals surface area (Å²) in [6.07, 6.45) is 1.12. The van der Waals surface area contributed by atoms with Crippen molar-refractivity contribution in [1.82, 2.24) is 10.7 Å². The molecule has 0 aromatic heterocycles. The zero-order chi connectivity index (χ0) is 24.2. The number of hydrazone groups is 1. The van der Waals surface area contributed by atoms with Gasteiger partial charge in [-0.25, -0.2) is 14.6 Å². The summed E-state index contributed by atoms with van der Waals surface area (Å²) >= 11 is 0. The monoisotopic (exact) mass is 463 g/mol. The van der Waals surface area contributed by atoms with Crippen molar-refractivity contribution < 1.29 is 23.5 Å². The molecule has 0 spiro atoms.